The molecule has 18 heavy (non-hydrogen) atoms. The lowest BCUT2D eigenvalue weighted by Gasteiger charge is -2.29. The van der Waals surface area contributed by atoms with Crippen molar-refractivity contribution >= 4 is 5.82 Å². The average Bonchev–Trinajstić information content (AvgIpc) is 2.74. The second-order valence-electron chi connectivity index (χ2n) is 5.93. The molecule has 4 heteroatoms. The van der Waals surface area contributed by atoms with Gasteiger partial charge >= 0.3 is 0 Å². The highest BCUT2D eigenvalue weighted by Gasteiger charge is 2.28. The largest absolute Gasteiger partial charge is 0.350 e. The van der Waals surface area contributed by atoms with E-state index in [9.17, 15) is 4.39 Å². The van der Waals surface area contributed by atoms with Crippen molar-refractivity contribution in [2.45, 2.75) is 45.2 Å². The third-order valence-corrected chi connectivity index (χ3v) is 3.26. The third-order valence-electron chi connectivity index (χ3n) is 3.26. The minimum Gasteiger partial charge on any atom is -0.350 e. The summed E-state index contributed by atoms with van der Waals surface area (Å²) in [6.45, 7) is 8.21. The summed E-state index contributed by atoms with van der Waals surface area (Å²) in [5.41, 5.74) is 0.0942. The van der Waals surface area contributed by atoms with Crippen LogP contribution in [0, 0.1) is 5.82 Å². The molecule has 0 saturated carbocycles. The van der Waals surface area contributed by atoms with Crippen LogP contribution in [0.2, 0.25) is 0 Å². The molecule has 0 radical (unpaired) electrons. The maximum Gasteiger partial charge on any atom is 0.165 e. The Morgan fingerprint density at radius 3 is 2.94 bits per heavy atom. The quantitative estimate of drug-likeness (QED) is 0.895. The molecule has 3 nitrogen and oxygen atoms in total. The van der Waals surface area contributed by atoms with E-state index >= 15 is 0 Å². The number of hydrogen-bond donors (Lipinski definition) is 1. The number of halogens is 1. The molecule has 0 bridgehead atoms. The minimum atomic E-state index is -0.222. The molecule has 1 fully saturated rings. The molecular formula is C14H22FN3. The molecule has 0 amide bonds. The van der Waals surface area contributed by atoms with Crippen molar-refractivity contribution < 1.29 is 4.39 Å². The zero-order valence-corrected chi connectivity index (χ0v) is 11.4. The molecule has 1 atom stereocenters. The maximum atomic E-state index is 13.8. The Kier molecular flexibility index (Phi) is 3.85. The first kappa shape index (κ1) is 13.3. The molecule has 2 rings (SSSR count). The summed E-state index contributed by atoms with van der Waals surface area (Å²) in [5, 5.41) is 3.49. The first-order valence-electron chi connectivity index (χ1n) is 6.59. The van der Waals surface area contributed by atoms with Crippen LogP contribution in [0.3, 0.4) is 0 Å². The van der Waals surface area contributed by atoms with Crippen molar-refractivity contribution in [2.24, 2.45) is 0 Å². The summed E-state index contributed by atoms with van der Waals surface area (Å²) in [6, 6.07) is 3.46. The second-order valence-corrected chi connectivity index (χ2v) is 5.93. The lowest BCUT2D eigenvalue weighted by Crippen LogP contribution is -2.45. The number of nitrogens with zero attached hydrogens (tertiary/aromatic N) is 2. The third kappa shape index (κ3) is 3.19. The van der Waals surface area contributed by atoms with E-state index in [0.717, 1.165) is 25.9 Å². The van der Waals surface area contributed by atoms with Crippen molar-refractivity contribution in [3.63, 3.8) is 0 Å². The van der Waals surface area contributed by atoms with Crippen molar-refractivity contribution in [3.05, 3.63) is 24.1 Å². The molecule has 1 N–H and O–H groups in total. The molecule has 2 heterocycles. The number of pyridine rings is 1. The molecule has 1 aromatic heterocycles. The Labute approximate surface area is 108 Å². The van der Waals surface area contributed by atoms with E-state index in [4.69, 9.17) is 0 Å². The van der Waals surface area contributed by atoms with Crippen LogP contribution in [-0.2, 0) is 0 Å². The summed E-state index contributed by atoms with van der Waals surface area (Å²) in [5.74, 6) is 0.274. The summed E-state index contributed by atoms with van der Waals surface area (Å²) >= 11 is 0. The summed E-state index contributed by atoms with van der Waals surface area (Å²) < 4.78 is 13.8. The van der Waals surface area contributed by atoms with Gasteiger partial charge in [0.15, 0.2) is 11.6 Å². The second kappa shape index (κ2) is 5.22. The van der Waals surface area contributed by atoms with Crippen LogP contribution in [0.5, 0.6) is 0 Å². The lowest BCUT2D eigenvalue weighted by molar-refractivity contribution is 0.403. The molecule has 0 aliphatic carbocycles. The van der Waals surface area contributed by atoms with Crippen molar-refractivity contribution in [1.29, 1.82) is 0 Å². The SMILES string of the molecule is CC(C)(C)NCC1CCCN1c1ncccc1F. The van der Waals surface area contributed by atoms with E-state index in [1.54, 1.807) is 12.3 Å². The average molecular weight is 251 g/mol. The molecule has 1 aromatic rings. The summed E-state index contributed by atoms with van der Waals surface area (Å²) in [6.07, 6.45) is 3.86. The molecule has 1 saturated heterocycles. The van der Waals surface area contributed by atoms with Gasteiger partial charge in [-0.3, -0.25) is 0 Å². The van der Waals surface area contributed by atoms with Crippen LogP contribution in [-0.4, -0.2) is 29.7 Å². The Morgan fingerprint density at radius 1 is 1.50 bits per heavy atom. The van der Waals surface area contributed by atoms with Crippen molar-refractivity contribution in [1.82, 2.24) is 10.3 Å². The molecule has 0 aromatic carbocycles. The Bertz CT molecular complexity index is 400. The van der Waals surface area contributed by atoms with E-state index in [1.165, 1.54) is 6.07 Å². The number of nitrogens with one attached hydrogen (secondary N) is 1. The van der Waals surface area contributed by atoms with Crippen LogP contribution in [0.1, 0.15) is 33.6 Å². The van der Waals surface area contributed by atoms with Gasteiger partial charge in [0.25, 0.3) is 0 Å². The Balaban J connectivity index is 2.06. The highest BCUT2D eigenvalue weighted by molar-refractivity contribution is 5.42. The monoisotopic (exact) mass is 251 g/mol. The highest BCUT2D eigenvalue weighted by atomic mass is 19.1. The lowest BCUT2D eigenvalue weighted by atomic mass is 10.1. The van der Waals surface area contributed by atoms with Crippen LogP contribution in [0.4, 0.5) is 10.2 Å². The molecule has 1 unspecified atom stereocenters. The standard InChI is InChI=1S/C14H22FN3/c1-14(2,3)17-10-11-6-5-9-18(11)13-12(15)7-4-8-16-13/h4,7-8,11,17H,5-6,9-10H2,1-3H3. The highest BCUT2D eigenvalue weighted by Crippen LogP contribution is 2.25. The molecule has 1 aliphatic rings. The fraction of sp³-hybridized carbons (Fsp3) is 0.643. The predicted octanol–water partition coefficient (Wildman–Crippen LogP) is 2.58. The summed E-state index contributed by atoms with van der Waals surface area (Å²) in [4.78, 5) is 6.27. The number of aromatic nitrogens is 1. The van der Waals surface area contributed by atoms with Crippen molar-refractivity contribution in [2.75, 3.05) is 18.0 Å². The van der Waals surface area contributed by atoms with E-state index in [-0.39, 0.29) is 11.4 Å². The van der Waals surface area contributed by atoms with Gasteiger partial charge in [0.05, 0.1) is 0 Å². The van der Waals surface area contributed by atoms with Crippen molar-refractivity contribution in [3.8, 4) is 0 Å². The van der Waals surface area contributed by atoms with Gasteiger partial charge in [-0.05, 0) is 45.7 Å². The van der Waals surface area contributed by atoms with Gasteiger partial charge < -0.3 is 10.2 Å². The molecule has 0 spiro atoms. The van der Waals surface area contributed by atoms with Crippen LogP contribution in [0.25, 0.3) is 0 Å². The maximum absolute atomic E-state index is 13.8. The minimum absolute atomic E-state index is 0.0942. The zero-order chi connectivity index (χ0) is 13.2. The number of anilines is 1. The van der Waals surface area contributed by atoms with Crippen LogP contribution < -0.4 is 10.2 Å². The zero-order valence-electron chi connectivity index (χ0n) is 11.4. The normalized spacial score (nSPS) is 20.4. The van der Waals surface area contributed by atoms with Gasteiger partial charge in [0, 0.05) is 30.9 Å². The van der Waals surface area contributed by atoms with Crippen LogP contribution >= 0.6 is 0 Å². The predicted molar refractivity (Wildman–Crippen MR) is 72.3 cm³/mol. The number of rotatable bonds is 3. The van der Waals surface area contributed by atoms with Gasteiger partial charge in [-0.15, -0.1) is 0 Å². The van der Waals surface area contributed by atoms with Gasteiger partial charge in [0.1, 0.15) is 0 Å². The van der Waals surface area contributed by atoms with Gasteiger partial charge in [-0.2, -0.15) is 0 Å². The van der Waals surface area contributed by atoms with E-state index in [0.29, 0.717) is 11.9 Å². The van der Waals surface area contributed by atoms with E-state index in [1.807, 2.05) is 0 Å². The van der Waals surface area contributed by atoms with Crippen LogP contribution in [0.15, 0.2) is 18.3 Å². The smallest absolute Gasteiger partial charge is 0.165 e. The first-order chi connectivity index (χ1) is 8.47. The van der Waals surface area contributed by atoms with Gasteiger partial charge in [0.2, 0.25) is 0 Å². The van der Waals surface area contributed by atoms with Gasteiger partial charge in [-0.1, -0.05) is 0 Å². The molecular weight excluding hydrogens is 229 g/mol. The Hall–Kier alpha value is -1.16. The fourth-order valence-corrected chi connectivity index (χ4v) is 2.34. The number of hydrogen-bond acceptors (Lipinski definition) is 3. The topological polar surface area (TPSA) is 28.2 Å². The Morgan fingerprint density at radius 2 is 2.28 bits per heavy atom. The fourth-order valence-electron chi connectivity index (χ4n) is 2.34. The van der Waals surface area contributed by atoms with E-state index in [2.05, 4.69) is 36.0 Å². The first-order valence-corrected chi connectivity index (χ1v) is 6.59. The van der Waals surface area contributed by atoms with Gasteiger partial charge in [-0.25, -0.2) is 9.37 Å². The van der Waals surface area contributed by atoms with E-state index < -0.39 is 0 Å². The summed E-state index contributed by atoms with van der Waals surface area (Å²) in [7, 11) is 0. The molecule has 100 valence electrons. The molecule has 1 aliphatic heterocycles.